The van der Waals surface area contributed by atoms with E-state index < -0.39 is 0 Å². The van der Waals surface area contributed by atoms with Crippen molar-refractivity contribution in [1.29, 1.82) is 0 Å². The maximum atomic E-state index is 12.7. The Balaban J connectivity index is 1.75. The van der Waals surface area contributed by atoms with Crippen LogP contribution in [0.15, 0.2) is 24.5 Å². The van der Waals surface area contributed by atoms with Crippen LogP contribution in [0, 0.1) is 13.8 Å². The van der Waals surface area contributed by atoms with Crippen LogP contribution < -0.4 is 20.2 Å². The molecule has 0 aliphatic carbocycles. The standard InChI is InChI=1S/C19H25N5O3/c1-11-6-12(2)20-10-15(11)22-19(25)14-7-16(24(3)23-14)13-9-21-18(27-5)8-17(13)26-4/h6,8-10,14,16,23H,7H2,1-5H3,(H,22,25). The van der Waals surface area contributed by atoms with Gasteiger partial charge in [-0.25, -0.2) is 15.4 Å². The van der Waals surface area contributed by atoms with E-state index in [0.717, 1.165) is 22.5 Å². The lowest BCUT2D eigenvalue weighted by atomic mass is 10.0. The number of nitrogens with one attached hydrogen (secondary N) is 2. The molecule has 0 saturated carbocycles. The van der Waals surface area contributed by atoms with Gasteiger partial charge in [0.15, 0.2) is 0 Å². The minimum atomic E-state index is -0.368. The Morgan fingerprint density at radius 2 is 2.00 bits per heavy atom. The van der Waals surface area contributed by atoms with Crippen molar-refractivity contribution in [1.82, 2.24) is 20.4 Å². The number of rotatable bonds is 5. The molecule has 0 spiro atoms. The molecule has 0 radical (unpaired) electrons. The monoisotopic (exact) mass is 371 g/mol. The first-order valence-corrected chi connectivity index (χ1v) is 8.74. The number of hydrogen-bond donors (Lipinski definition) is 2. The van der Waals surface area contributed by atoms with E-state index in [4.69, 9.17) is 9.47 Å². The van der Waals surface area contributed by atoms with Crippen LogP contribution in [0.1, 0.15) is 29.3 Å². The number of hydrogen-bond acceptors (Lipinski definition) is 7. The largest absolute Gasteiger partial charge is 0.496 e. The van der Waals surface area contributed by atoms with Gasteiger partial charge in [0.1, 0.15) is 11.8 Å². The van der Waals surface area contributed by atoms with Crippen LogP contribution in [-0.4, -0.2) is 48.2 Å². The summed E-state index contributed by atoms with van der Waals surface area (Å²) in [5.41, 5.74) is 6.75. The van der Waals surface area contributed by atoms with Gasteiger partial charge in [0, 0.05) is 30.6 Å². The quantitative estimate of drug-likeness (QED) is 0.831. The highest BCUT2D eigenvalue weighted by molar-refractivity contribution is 5.95. The van der Waals surface area contributed by atoms with Gasteiger partial charge < -0.3 is 14.8 Å². The van der Waals surface area contributed by atoms with Gasteiger partial charge in [-0.3, -0.25) is 9.78 Å². The second-order valence-electron chi connectivity index (χ2n) is 6.64. The summed E-state index contributed by atoms with van der Waals surface area (Å²) in [6.45, 7) is 3.88. The number of anilines is 1. The summed E-state index contributed by atoms with van der Waals surface area (Å²) in [5.74, 6) is 1.07. The van der Waals surface area contributed by atoms with Gasteiger partial charge in [0.25, 0.3) is 0 Å². The smallest absolute Gasteiger partial charge is 0.242 e. The van der Waals surface area contributed by atoms with Gasteiger partial charge in [0.05, 0.1) is 32.1 Å². The molecule has 1 aliphatic rings. The van der Waals surface area contributed by atoms with E-state index >= 15 is 0 Å². The van der Waals surface area contributed by atoms with Gasteiger partial charge in [-0.05, 0) is 31.9 Å². The summed E-state index contributed by atoms with van der Waals surface area (Å²) in [6.07, 6.45) is 4.01. The number of aryl methyl sites for hydroxylation is 2. The van der Waals surface area contributed by atoms with Gasteiger partial charge in [-0.1, -0.05) is 0 Å². The van der Waals surface area contributed by atoms with Crippen molar-refractivity contribution < 1.29 is 14.3 Å². The molecule has 3 heterocycles. The molecule has 3 rings (SSSR count). The molecule has 8 heteroatoms. The predicted octanol–water partition coefficient (Wildman–Crippen LogP) is 2.00. The molecule has 2 unspecified atom stereocenters. The van der Waals surface area contributed by atoms with Crippen LogP contribution in [0.2, 0.25) is 0 Å². The number of aromatic nitrogens is 2. The molecule has 1 saturated heterocycles. The molecule has 144 valence electrons. The maximum absolute atomic E-state index is 12.7. The summed E-state index contributed by atoms with van der Waals surface area (Å²) in [6, 6.07) is 3.28. The number of carbonyl (C=O) groups excluding carboxylic acids is 1. The minimum Gasteiger partial charge on any atom is -0.496 e. The average Bonchev–Trinajstić information content (AvgIpc) is 3.05. The highest BCUT2D eigenvalue weighted by atomic mass is 16.5. The Morgan fingerprint density at radius 3 is 2.67 bits per heavy atom. The Morgan fingerprint density at radius 1 is 1.22 bits per heavy atom. The lowest BCUT2D eigenvalue weighted by Crippen LogP contribution is -2.40. The summed E-state index contributed by atoms with van der Waals surface area (Å²) in [5, 5.41) is 4.87. The van der Waals surface area contributed by atoms with Gasteiger partial charge in [-0.2, -0.15) is 0 Å². The molecular weight excluding hydrogens is 346 g/mol. The van der Waals surface area contributed by atoms with E-state index in [1.165, 1.54) is 0 Å². The Hall–Kier alpha value is -2.71. The van der Waals surface area contributed by atoms with Crippen LogP contribution >= 0.6 is 0 Å². The lowest BCUT2D eigenvalue weighted by Gasteiger charge is -2.21. The fraction of sp³-hybridized carbons (Fsp3) is 0.421. The molecule has 2 N–H and O–H groups in total. The number of amides is 1. The van der Waals surface area contributed by atoms with E-state index in [0.29, 0.717) is 18.1 Å². The zero-order chi connectivity index (χ0) is 19.6. The second kappa shape index (κ2) is 7.89. The highest BCUT2D eigenvalue weighted by Crippen LogP contribution is 2.36. The van der Waals surface area contributed by atoms with Gasteiger partial charge >= 0.3 is 0 Å². The maximum Gasteiger partial charge on any atom is 0.242 e. The van der Waals surface area contributed by atoms with Crippen molar-refractivity contribution in [3.05, 3.63) is 41.3 Å². The van der Waals surface area contributed by atoms with E-state index in [2.05, 4.69) is 20.7 Å². The number of pyridine rings is 2. The molecule has 2 aromatic rings. The Labute approximate surface area is 158 Å². The summed E-state index contributed by atoms with van der Waals surface area (Å²) in [7, 11) is 5.07. The molecule has 1 aliphatic heterocycles. The summed E-state index contributed by atoms with van der Waals surface area (Å²) >= 11 is 0. The molecule has 2 atom stereocenters. The number of methoxy groups -OCH3 is 2. The van der Waals surface area contributed by atoms with Crippen molar-refractivity contribution in [2.75, 3.05) is 26.6 Å². The van der Waals surface area contributed by atoms with Crippen LogP contribution in [-0.2, 0) is 4.79 Å². The van der Waals surface area contributed by atoms with Crippen molar-refractivity contribution in [3.63, 3.8) is 0 Å². The van der Waals surface area contributed by atoms with Crippen LogP contribution in [0.25, 0.3) is 0 Å². The van der Waals surface area contributed by atoms with Gasteiger partial charge in [0.2, 0.25) is 11.8 Å². The predicted molar refractivity (Wildman–Crippen MR) is 102 cm³/mol. The minimum absolute atomic E-state index is 0.0497. The zero-order valence-electron chi connectivity index (χ0n) is 16.2. The SMILES string of the molecule is COc1cc(OC)c(C2CC(C(=O)Nc3cnc(C)cc3C)NN2C)cn1. The number of ether oxygens (including phenoxy) is 2. The first kappa shape index (κ1) is 19.1. The molecule has 0 aromatic carbocycles. The molecular formula is C19H25N5O3. The highest BCUT2D eigenvalue weighted by Gasteiger charge is 2.36. The summed E-state index contributed by atoms with van der Waals surface area (Å²) < 4.78 is 10.6. The molecule has 0 bridgehead atoms. The normalized spacial score (nSPS) is 19.7. The number of carbonyl (C=O) groups is 1. The third-order valence-corrected chi connectivity index (χ3v) is 4.77. The Bertz CT molecular complexity index is 842. The molecule has 1 amide bonds. The first-order valence-electron chi connectivity index (χ1n) is 8.74. The lowest BCUT2D eigenvalue weighted by molar-refractivity contribution is -0.118. The van der Waals surface area contributed by atoms with Crippen LogP contribution in [0.3, 0.4) is 0 Å². The molecule has 1 fully saturated rings. The van der Waals surface area contributed by atoms with Crippen molar-refractivity contribution in [2.24, 2.45) is 0 Å². The molecule has 8 nitrogen and oxygen atoms in total. The molecule has 27 heavy (non-hydrogen) atoms. The number of nitrogens with zero attached hydrogens (tertiary/aromatic N) is 3. The van der Waals surface area contributed by atoms with Crippen LogP contribution in [0.4, 0.5) is 5.69 Å². The van der Waals surface area contributed by atoms with E-state index in [9.17, 15) is 4.79 Å². The van der Waals surface area contributed by atoms with E-state index in [1.54, 1.807) is 32.7 Å². The van der Waals surface area contributed by atoms with Crippen LogP contribution in [0.5, 0.6) is 11.6 Å². The Kier molecular flexibility index (Phi) is 5.57. The van der Waals surface area contributed by atoms with E-state index in [-0.39, 0.29) is 18.0 Å². The third-order valence-electron chi connectivity index (χ3n) is 4.77. The topological polar surface area (TPSA) is 88.6 Å². The fourth-order valence-corrected chi connectivity index (χ4v) is 3.29. The second-order valence-corrected chi connectivity index (χ2v) is 6.64. The van der Waals surface area contributed by atoms with E-state index in [1.807, 2.05) is 32.0 Å². The summed E-state index contributed by atoms with van der Waals surface area (Å²) in [4.78, 5) is 21.3. The third kappa shape index (κ3) is 4.01. The molecule has 2 aromatic heterocycles. The van der Waals surface area contributed by atoms with Gasteiger partial charge in [-0.15, -0.1) is 0 Å². The number of hydrazine groups is 1. The average molecular weight is 371 g/mol. The fourth-order valence-electron chi connectivity index (χ4n) is 3.29. The first-order chi connectivity index (χ1) is 12.9. The van der Waals surface area contributed by atoms with Crippen molar-refractivity contribution in [2.45, 2.75) is 32.4 Å². The van der Waals surface area contributed by atoms with Crippen molar-refractivity contribution >= 4 is 11.6 Å². The van der Waals surface area contributed by atoms with Crippen molar-refractivity contribution in [3.8, 4) is 11.6 Å². The zero-order valence-corrected chi connectivity index (χ0v) is 16.2.